The van der Waals surface area contributed by atoms with E-state index in [1.807, 2.05) is 35.2 Å². The summed E-state index contributed by atoms with van der Waals surface area (Å²) in [6, 6.07) is 11.4. The van der Waals surface area contributed by atoms with E-state index >= 15 is 0 Å². The van der Waals surface area contributed by atoms with E-state index < -0.39 is 0 Å². The molecule has 0 aliphatic carbocycles. The molecule has 5 nitrogen and oxygen atoms in total. The lowest BCUT2D eigenvalue weighted by Crippen LogP contribution is -2.50. The molecular formula is C17H18Cl2N4O. The first kappa shape index (κ1) is 16.9. The zero-order chi connectivity index (χ0) is 16.9. The third kappa shape index (κ3) is 4.10. The van der Waals surface area contributed by atoms with E-state index in [-0.39, 0.29) is 5.91 Å². The smallest absolute Gasteiger partial charge is 0.241 e. The van der Waals surface area contributed by atoms with Crippen molar-refractivity contribution in [2.45, 2.75) is 0 Å². The van der Waals surface area contributed by atoms with Crippen LogP contribution < -0.4 is 10.2 Å². The molecule has 1 fully saturated rings. The van der Waals surface area contributed by atoms with Gasteiger partial charge in [-0.05, 0) is 18.2 Å². The number of hydrogen-bond donors (Lipinski definition) is 1. The number of halogens is 2. The number of rotatable bonds is 4. The number of aromatic nitrogens is 1. The van der Waals surface area contributed by atoms with Crippen LogP contribution in [-0.4, -0.2) is 48.5 Å². The van der Waals surface area contributed by atoms with Crippen molar-refractivity contribution in [2.75, 3.05) is 42.9 Å². The van der Waals surface area contributed by atoms with Gasteiger partial charge in [-0.2, -0.15) is 0 Å². The van der Waals surface area contributed by atoms with Crippen LogP contribution in [0.4, 0.5) is 11.5 Å². The van der Waals surface area contributed by atoms with Gasteiger partial charge < -0.3 is 15.1 Å². The lowest BCUT2D eigenvalue weighted by Gasteiger charge is -2.35. The molecular weight excluding hydrogens is 347 g/mol. The van der Waals surface area contributed by atoms with Crippen molar-refractivity contribution in [2.24, 2.45) is 0 Å². The Balaban J connectivity index is 1.52. The summed E-state index contributed by atoms with van der Waals surface area (Å²) in [4.78, 5) is 20.5. The summed E-state index contributed by atoms with van der Waals surface area (Å²) < 4.78 is 0. The third-order valence-electron chi connectivity index (χ3n) is 3.94. The van der Waals surface area contributed by atoms with Crippen LogP contribution in [0.2, 0.25) is 10.0 Å². The molecule has 0 unspecified atom stereocenters. The summed E-state index contributed by atoms with van der Waals surface area (Å²) in [6.45, 7) is 2.99. The fourth-order valence-corrected chi connectivity index (χ4v) is 3.15. The molecule has 0 radical (unpaired) electrons. The Morgan fingerprint density at radius 1 is 1.12 bits per heavy atom. The minimum absolute atomic E-state index is 0.0914. The first-order valence-electron chi connectivity index (χ1n) is 7.76. The monoisotopic (exact) mass is 364 g/mol. The zero-order valence-electron chi connectivity index (χ0n) is 13.1. The summed E-state index contributed by atoms with van der Waals surface area (Å²) in [5.74, 6) is 0.809. The molecule has 1 aromatic carbocycles. The number of anilines is 2. The largest absolute Gasteiger partial charge is 0.376 e. The van der Waals surface area contributed by atoms with Gasteiger partial charge in [-0.15, -0.1) is 0 Å². The van der Waals surface area contributed by atoms with E-state index in [0.29, 0.717) is 42.8 Å². The van der Waals surface area contributed by atoms with E-state index in [4.69, 9.17) is 23.2 Å². The first-order valence-corrected chi connectivity index (χ1v) is 8.52. The van der Waals surface area contributed by atoms with Crippen molar-refractivity contribution in [1.82, 2.24) is 9.88 Å². The lowest BCUT2D eigenvalue weighted by molar-refractivity contribution is -0.129. The fourth-order valence-electron chi connectivity index (χ4n) is 2.65. The third-order valence-corrected chi connectivity index (χ3v) is 4.42. The second-order valence-electron chi connectivity index (χ2n) is 5.55. The predicted molar refractivity (Wildman–Crippen MR) is 98.0 cm³/mol. The maximum absolute atomic E-state index is 12.3. The Morgan fingerprint density at radius 2 is 1.83 bits per heavy atom. The molecule has 0 saturated carbocycles. The molecule has 0 spiro atoms. The van der Waals surface area contributed by atoms with Gasteiger partial charge in [0.15, 0.2) is 0 Å². The van der Waals surface area contributed by atoms with Crippen LogP contribution in [0.3, 0.4) is 0 Å². The highest BCUT2D eigenvalue weighted by Gasteiger charge is 2.23. The van der Waals surface area contributed by atoms with Gasteiger partial charge in [0, 0.05) is 38.1 Å². The molecule has 1 N–H and O–H groups in total. The SMILES string of the molecule is O=C(CNc1ccccc1)N1CCN(c2ncc(Cl)cc2Cl)CC1. The van der Waals surface area contributed by atoms with E-state index in [9.17, 15) is 4.79 Å². The number of nitrogens with one attached hydrogen (secondary N) is 1. The molecule has 1 amide bonds. The number of amides is 1. The summed E-state index contributed by atoms with van der Waals surface area (Å²) in [5, 5.41) is 4.20. The lowest BCUT2D eigenvalue weighted by atomic mass is 10.3. The minimum Gasteiger partial charge on any atom is -0.376 e. The molecule has 1 aromatic heterocycles. The van der Waals surface area contributed by atoms with Gasteiger partial charge in [-0.3, -0.25) is 4.79 Å². The van der Waals surface area contributed by atoms with Crippen molar-refractivity contribution < 1.29 is 4.79 Å². The van der Waals surface area contributed by atoms with E-state index in [1.165, 1.54) is 0 Å². The average molecular weight is 365 g/mol. The van der Waals surface area contributed by atoms with Crippen LogP contribution in [-0.2, 0) is 4.79 Å². The van der Waals surface area contributed by atoms with Crippen LogP contribution in [0.25, 0.3) is 0 Å². The second kappa shape index (κ2) is 7.73. The summed E-state index contributed by atoms with van der Waals surface area (Å²) in [6.07, 6.45) is 1.59. The van der Waals surface area contributed by atoms with Crippen molar-refractivity contribution in [1.29, 1.82) is 0 Å². The number of hydrogen-bond acceptors (Lipinski definition) is 4. The molecule has 2 aromatic rings. The van der Waals surface area contributed by atoms with Crippen LogP contribution >= 0.6 is 23.2 Å². The highest BCUT2D eigenvalue weighted by molar-refractivity contribution is 6.36. The topological polar surface area (TPSA) is 48.5 Å². The van der Waals surface area contributed by atoms with Gasteiger partial charge in [0.05, 0.1) is 16.6 Å². The quantitative estimate of drug-likeness (QED) is 0.905. The van der Waals surface area contributed by atoms with Gasteiger partial charge in [0.1, 0.15) is 5.82 Å². The van der Waals surface area contributed by atoms with E-state index in [1.54, 1.807) is 12.3 Å². The second-order valence-corrected chi connectivity index (χ2v) is 6.39. The highest BCUT2D eigenvalue weighted by Crippen LogP contribution is 2.26. The zero-order valence-corrected chi connectivity index (χ0v) is 14.6. The fraction of sp³-hybridized carbons (Fsp3) is 0.294. The van der Waals surface area contributed by atoms with Gasteiger partial charge in [-0.25, -0.2) is 4.98 Å². The Hall–Kier alpha value is -1.98. The van der Waals surface area contributed by atoms with Crippen molar-refractivity contribution in [3.63, 3.8) is 0 Å². The van der Waals surface area contributed by atoms with Crippen LogP contribution in [0.5, 0.6) is 0 Å². The van der Waals surface area contributed by atoms with Crippen LogP contribution in [0, 0.1) is 0 Å². The number of nitrogens with zero attached hydrogens (tertiary/aromatic N) is 3. The number of piperazine rings is 1. The first-order chi connectivity index (χ1) is 11.6. The standard InChI is InChI=1S/C17H18Cl2N4O/c18-13-10-15(19)17(21-11-13)23-8-6-22(7-9-23)16(24)12-20-14-4-2-1-3-5-14/h1-5,10-11,20H,6-9,12H2. The Labute approximate surface area is 151 Å². The summed E-state index contributed by atoms with van der Waals surface area (Å²) >= 11 is 12.1. The van der Waals surface area contributed by atoms with Gasteiger partial charge >= 0.3 is 0 Å². The Bertz CT molecular complexity index is 703. The van der Waals surface area contributed by atoms with Gasteiger partial charge in [0.2, 0.25) is 5.91 Å². The summed E-state index contributed by atoms with van der Waals surface area (Å²) in [7, 11) is 0. The van der Waals surface area contributed by atoms with E-state index in [2.05, 4.69) is 15.2 Å². The number of benzene rings is 1. The maximum atomic E-state index is 12.3. The van der Waals surface area contributed by atoms with Crippen molar-refractivity contribution in [3.05, 3.63) is 52.6 Å². The van der Waals surface area contributed by atoms with Crippen LogP contribution in [0.1, 0.15) is 0 Å². The average Bonchev–Trinajstić information content (AvgIpc) is 2.61. The summed E-state index contributed by atoms with van der Waals surface area (Å²) in [5.41, 5.74) is 0.946. The molecule has 7 heteroatoms. The minimum atomic E-state index is 0.0914. The number of carbonyl (C=O) groups is 1. The van der Waals surface area contributed by atoms with E-state index in [0.717, 1.165) is 11.5 Å². The molecule has 1 saturated heterocycles. The Kier molecular flexibility index (Phi) is 5.43. The molecule has 126 valence electrons. The predicted octanol–water partition coefficient (Wildman–Crippen LogP) is 3.15. The van der Waals surface area contributed by atoms with Crippen molar-refractivity contribution >= 4 is 40.6 Å². The van der Waals surface area contributed by atoms with Gasteiger partial charge in [0.25, 0.3) is 0 Å². The molecule has 24 heavy (non-hydrogen) atoms. The molecule has 2 heterocycles. The normalized spacial score (nSPS) is 14.6. The Morgan fingerprint density at radius 3 is 2.50 bits per heavy atom. The molecule has 3 rings (SSSR count). The molecule has 1 aliphatic rings. The number of para-hydroxylation sites is 1. The van der Waals surface area contributed by atoms with Crippen molar-refractivity contribution in [3.8, 4) is 0 Å². The number of carbonyl (C=O) groups excluding carboxylic acids is 1. The van der Waals surface area contributed by atoms with Crippen LogP contribution in [0.15, 0.2) is 42.6 Å². The van der Waals surface area contributed by atoms with Gasteiger partial charge in [-0.1, -0.05) is 41.4 Å². The maximum Gasteiger partial charge on any atom is 0.241 e. The molecule has 0 atom stereocenters. The molecule has 0 bridgehead atoms. The number of pyridine rings is 1. The highest BCUT2D eigenvalue weighted by atomic mass is 35.5. The molecule has 1 aliphatic heterocycles.